The van der Waals surface area contributed by atoms with E-state index in [1.54, 1.807) is 0 Å². The number of hydrogen-bond acceptors (Lipinski definition) is 2. The van der Waals surface area contributed by atoms with Crippen molar-refractivity contribution < 1.29 is 4.74 Å². The normalized spacial score (nSPS) is 17.1. The van der Waals surface area contributed by atoms with Gasteiger partial charge in [-0.2, -0.15) is 0 Å². The summed E-state index contributed by atoms with van der Waals surface area (Å²) in [5, 5.41) is 3.43. The SMILES string of the molecule is CCCNCCCCCOCC1CCCC1. The largest absolute Gasteiger partial charge is 0.381 e. The fourth-order valence-corrected chi connectivity index (χ4v) is 2.36. The summed E-state index contributed by atoms with van der Waals surface area (Å²) >= 11 is 0. The molecular formula is C14H29NO. The van der Waals surface area contributed by atoms with Crippen LogP contribution in [0.2, 0.25) is 0 Å². The van der Waals surface area contributed by atoms with Gasteiger partial charge in [0, 0.05) is 13.2 Å². The van der Waals surface area contributed by atoms with Gasteiger partial charge in [0.15, 0.2) is 0 Å². The van der Waals surface area contributed by atoms with Gasteiger partial charge in [0.05, 0.1) is 0 Å². The van der Waals surface area contributed by atoms with Crippen molar-refractivity contribution in [2.45, 2.75) is 58.3 Å². The van der Waals surface area contributed by atoms with Gasteiger partial charge >= 0.3 is 0 Å². The molecule has 1 N–H and O–H groups in total. The number of ether oxygens (including phenoxy) is 1. The van der Waals surface area contributed by atoms with E-state index >= 15 is 0 Å². The van der Waals surface area contributed by atoms with Crippen molar-refractivity contribution in [2.24, 2.45) is 5.92 Å². The fraction of sp³-hybridized carbons (Fsp3) is 1.00. The van der Waals surface area contributed by atoms with Gasteiger partial charge in [-0.1, -0.05) is 19.8 Å². The highest BCUT2D eigenvalue weighted by atomic mass is 16.5. The minimum Gasteiger partial charge on any atom is -0.381 e. The molecule has 0 aromatic heterocycles. The molecule has 0 radical (unpaired) electrons. The smallest absolute Gasteiger partial charge is 0.0494 e. The first-order chi connectivity index (χ1) is 7.93. The third-order valence-corrected chi connectivity index (χ3v) is 3.40. The first-order valence-electron chi connectivity index (χ1n) is 7.22. The molecule has 0 amide bonds. The number of rotatable bonds is 10. The van der Waals surface area contributed by atoms with E-state index in [-0.39, 0.29) is 0 Å². The van der Waals surface area contributed by atoms with Crippen LogP contribution in [0.1, 0.15) is 58.3 Å². The van der Waals surface area contributed by atoms with Crippen LogP contribution >= 0.6 is 0 Å². The van der Waals surface area contributed by atoms with Crippen LogP contribution in [-0.4, -0.2) is 26.3 Å². The van der Waals surface area contributed by atoms with Crippen molar-refractivity contribution in [1.82, 2.24) is 5.32 Å². The Bertz CT molecular complexity index is 144. The Hall–Kier alpha value is -0.0800. The second-order valence-electron chi connectivity index (χ2n) is 5.04. The van der Waals surface area contributed by atoms with Crippen molar-refractivity contribution in [1.29, 1.82) is 0 Å². The molecule has 1 saturated carbocycles. The zero-order valence-electron chi connectivity index (χ0n) is 11.0. The molecule has 1 fully saturated rings. The predicted octanol–water partition coefficient (Wildman–Crippen LogP) is 3.36. The zero-order valence-corrected chi connectivity index (χ0v) is 11.0. The Morgan fingerprint density at radius 3 is 2.62 bits per heavy atom. The second kappa shape index (κ2) is 10.1. The van der Waals surface area contributed by atoms with Gasteiger partial charge in [-0.15, -0.1) is 0 Å². The maximum Gasteiger partial charge on any atom is 0.0494 e. The van der Waals surface area contributed by atoms with Gasteiger partial charge in [-0.3, -0.25) is 0 Å². The van der Waals surface area contributed by atoms with E-state index in [0.717, 1.165) is 25.7 Å². The standard InChI is InChI=1S/C14H29NO/c1-2-10-15-11-6-3-7-12-16-13-14-8-4-5-9-14/h14-15H,2-13H2,1H3. The van der Waals surface area contributed by atoms with Crippen molar-refractivity contribution in [2.75, 3.05) is 26.3 Å². The van der Waals surface area contributed by atoms with Gasteiger partial charge in [-0.25, -0.2) is 0 Å². The molecule has 1 aliphatic carbocycles. The first kappa shape index (κ1) is 14.0. The average Bonchev–Trinajstić information content (AvgIpc) is 2.80. The van der Waals surface area contributed by atoms with E-state index in [1.165, 1.54) is 57.9 Å². The average molecular weight is 227 g/mol. The highest BCUT2D eigenvalue weighted by Crippen LogP contribution is 2.24. The number of unbranched alkanes of at least 4 members (excludes halogenated alkanes) is 2. The minimum absolute atomic E-state index is 0.881. The molecule has 96 valence electrons. The second-order valence-corrected chi connectivity index (χ2v) is 5.04. The van der Waals surface area contributed by atoms with E-state index < -0.39 is 0 Å². The Morgan fingerprint density at radius 1 is 1.06 bits per heavy atom. The molecule has 16 heavy (non-hydrogen) atoms. The van der Waals surface area contributed by atoms with Crippen LogP contribution in [0, 0.1) is 5.92 Å². The van der Waals surface area contributed by atoms with Crippen molar-refractivity contribution in [3.63, 3.8) is 0 Å². The summed E-state index contributed by atoms with van der Waals surface area (Å²) in [5.74, 6) is 0.881. The predicted molar refractivity (Wildman–Crippen MR) is 69.8 cm³/mol. The Balaban J connectivity index is 1.71. The summed E-state index contributed by atoms with van der Waals surface area (Å²) in [7, 11) is 0. The van der Waals surface area contributed by atoms with Gasteiger partial charge in [-0.05, 0) is 57.5 Å². The van der Waals surface area contributed by atoms with Crippen LogP contribution in [-0.2, 0) is 4.74 Å². The summed E-state index contributed by atoms with van der Waals surface area (Å²) < 4.78 is 5.72. The third-order valence-electron chi connectivity index (χ3n) is 3.40. The molecule has 0 atom stereocenters. The molecule has 0 bridgehead atoms. The lowest BCUT2D eigenvalue weighted by Crippen LogP contribution is -2.15. The van der Waals surface area contributed by atoms with Crippen LogP contribution in [0.5, 0.6) is 0 Å². The molecule has 0 aliphatic heterocycles. The maximum absolute atomic E-state index is 5.72. The van der Waals surface area contributed by atoms with E-state index in [4.69, 9.17) is 4.74 Å². The highest BCUT2D eigenvalue weighted by Gasteiger charge is 2.14. The summed E-state index contributed by atoms with van der Waals surface area (Å²) in [6.07, 6.45) is 10.7. The molecule has 2 heteroatoms. The van der Waals surface area contributed by atoms with Crippen LogP contribution in [0.15, 0.2) is 0 Å². The number of nitrogens with one attached hydrogen (secondary N) is 1. The van der Waals surface area contributed by atoms with Gasteiger partial charge < -0.3 is 10.1 Å². The Labute approximate surface area is 101 Å². The lowest BCUT2D eigenvalue weighted by Gasteiger charge is -2.09. The molecule has 0 aromatic rings. The van der Waals surface area contributed by atoms with Crippen molar-refractivity contribution >= 4 is 0 Å². The Morgan fingerprint density at radius 2 is 1.88 bits per heavy atom. The van der Waals surface area contributed by atoms with E-state index in [1.807, 2.05) is 0 Å². The van der Waals surface area contributed by atoms with Gasteiger partial charge in [0.1, 0.15) is 0 Å². The van der Waals surface area contributed by atoms with Crippen LogP contribution in [0.25, 0.3) is 0 Å². The number of hydrogen-bond donors (Lipinski definition) is 1. The molecule has 1 aliphatic rings. The fourth-order valence-electron chi connectivity index (χ4n) is 2.36. The third kappa shape index (κ3) is 7.24. The molecule has 0 heterocycles. The van der Waals surface area contributed by atoms with Crippen LogP contribution in [0.4, 0.5) is 0 Å². The topological polar surface area (TPSA) is 21.3 Å². The Kier molecular flexibility index (Phi) is 8.83. The maximum atomic E-state index is 5.72. The lowest BCUT2D eigenvalue weighted by atomic mass is 10.1. The lowest BCUT2D eigenvalue weighted by molar-refractivity contribution is 0.0980. The van der Waals surface area contributed by atoms with E-state index in [9.17, 15) is 0 Å². The molecule has 0 saturated heterocycles. The van der Waals surface area contributed by atoms with E-state index in [2.05, 4.69) is 12.2 Å². The molecule has 0 unspecified atom stereocenters. The summed E-state index contributed by atoms with van der Waals surface area (Å²) in [6.45, 7) is 6.55. The molecule has 2 nitrogen and oxygen atoms in total. The first-order valence-corrected chi connectivity index (χ1v) is 7.22. The monoisotopic (exact) mass is 227 g/mol. The molecule has 0 aromatic carbocycles. The van der Waals surface area contributed by atoms with Gasteiger partial charge in [0.2, 0.25) is 0 Å². The van der Waals surface area contributed by atoms with Crippen molar-refractivity contribution in [3.8, 4) is 0 Å². The van der Waals surface area contributed by atoms with E-state index in [0.29, 0.717) is 0 Å². The van der Waals surface area contributed by atoms with Crippen LogP contribution in [0.3, 0.4) is 0 Å². The minimum atomic E-state index is 0.881. The van der Waals surface area contributed by atoms with Gasteiger partial charge in [0.25, 0.3) is 0 Å². The summed E-state index contributed by atoms with van der Waals surface area (Å²) in [6, 6.07) is 0. The zero-order chi connectivity index (χ0) is 11.5. The molecule has 0 spiro atoms. The summed E-state index contributed by atoms with van der Waals surface area (Å²) in [4.78, 5) is 0. The molecular weight excluding hydrogens is 198 g/mol. The molecule has 1 rings (SSSR count). The summed E-state index contributed by atoms with van der Waals surface area (Å²) in [5.41, 5.74) is 0. The quantitative estimate of drug-likeness (QED) is 0.578. The highest BCUT2D eigenvalue weighted by molar-refractivity contribution is 4.66. The van der Waals surface area contributed by atoms with Crippen LogP contribution < -0.4 is 5.32 Å². The van der Waals surface area contributed by atoms with Crippen molar-refractivity contribution in [3.05, 3.63) is 0 Å².